The first-order chi connectivity index (χ1) is 6.96. The van der Waals surface area contributed by atoms with Crippen molar-refractivity contribution < 1.29 is 9.59 Å². The number of carbonyl (C=O) groups excluding carboxylic acids is 2. The van der Waals surface area contributed by atoms with Gasteiger partial charge in [0.15, 0.2) is 0 Å². The van der Waals surface area contributed by atoms with Gasteiger partial charge in [-0.25, -0.2) is 0 Å². The van der Waals surface area contributed by atoms with Crippen molar-refractivity contribution in [3.05, 3.63) is 22.8 Å². The van der Waals surface area contributed by atoms with Crippen molar-refractivity contribution in [2.75, 3.05) is 0 Å². The third kappa shape index (κ3) is 5.56. The summed E-state index contributed by atoms with van der Waals surface area (Å²) in [5.41, 5.74) is 1.72. The highest BCUT2D eigenvalue weighted by molar-refractivity contribution is 6.30. The summed E-state index contributed by atoms with van der Waals surface area (Å²) in [5.74, 6) is 0. The first-order valence-electron chi connectivity index (χ1n) is 5.00. The van der Waals surface area contributed by atoms with Gasteiger partial charge in [0.05, 0.1) is 0 Å². The number of halogens is 1. The molecular weight excluding hydrogens is 212 g/mol. The zero-order valence-electron chi connectivity index (χ0n) is 9.47. The van der Waals surface area contributed by atoms with Crippen LogP contribution in [-0.2, 0) is 9.59 Å². The summed E-state index contributed by atoms with van der Waals surface area (Å²) in [4.78, 5) is 16.2. The lowest BCUT2D eigenvalue weighted by Gasteiger charge is -2.15. The van der Waals surface area contributed by atoms with Crippen LogP contribution in [0.3, 0.4) is 0 Å². The van der Waals surface area contributed by atoms with E-state index in [-0.39, 0.29) is 6.15 Å². The van der Waals surface area contributed by atoms with Gasteiger partial charge in [0, 0.05) is 5.03 Å². The summed E-state index contributed by atoms with van der Waals surface area (Å²) in [6, 6.07) is 0. The normalized spacial score (nSPS) is 18.7. The molecule has 1 rings (SSSR count). The van der Waals surface area contributed by atoms with Crippen LogP contribution in [0.2, 0.25) is 0 Å². The van der Waals surface area contributed by atoms with Crippen LogP contribution in [0.4, 0.5) is 0 Å². The summed E-state index contributed by atoms with van der Waals surface area (Å²) in [7, 11) is 0. The van der Waals surface area contributed by atoms with E-state index < -0.39 is 0 Å². The summed E-state index contributed by atoms with van der Waals surface area (Å²) < 4.78 is 0. The molecule has 0 heterocycles. The highest BCUT2D eigenvalue weighted by Gasteiger charge is 2.28. The van der Waals surface area contributed by atoms with Gasteiger partial charge in [-0.05, 0) is 30.3 Å². The molecule has 0 aromatic carbocycles. The van der Waals surface area contributed by atoms with E-state index in [1.165, 1.54) is 5.57 Å². The maximum atomic E-state index is 8.12. The van der Waals surface area contributed by atoms with Crippen molar-refractivity contribution in [3.8, 4) is 0 Å². The van der Waals surface area contributed by atoms with Crippen molar-refractivity contribution >= 4 is 17.8 Å². The molecule has 0 atom stereocenters. The van der Waals surface area contributed by atoms with E-state index in [2.05, 4.69) is 32.9 Å². The van der Waals surface area contributed by atoms with Gasteiger partial charge in [0.1, 0.15) is 0 Å². The highest BCUT2D eigenvalue weighted by Crippen LogP contribution is 2.43. The van der Waals surface area contributed by atoms with E-state index in [0.29, 0.717) is 5.41 Å². The number of allylic oxidation sites excluding steroid dienone is 4. The third-order valence-electron chi connectivity index (χ3n) is 2.21. The minimum absolute atomic E-state index is 0.250. The fourth-order valence-electron chi connectivity index (χ4n) is 1.62. The second-order valence-corrected chi connectivity index (χ2v) is 4.80. The maximum absolute atomic E-state index is 8.12. The molecule has 0 aromatic heterocycles. The largest absolute Gasteiger partial charge is 0.373 e. The topological polar surface area (TPSA) is 34.1 Å². The number of hydrogen-bond acceptors (Lipinski definition) is 2. The molecule has 0 saturated heterocycles. The van der Waals surface area contributed by atoms with E-state index >= 15 is 0 Å². The van der Waals surface area contributed by atoms with Crippen LogP contribution in [0.15, 0.2) is 22.8 Å². The van der Waals surface area contributed by atoms with Crippen LogP contribution in [0, 0.1) is 5.41 Å². The lowest BCUT2D eigenvalue weighted by Crippen LogP contribution is -2.04. The molecule has 2 nitrogen and oxygen atoms in total. The van der Waals surface area contributed by atoms with Crippen LogP contribution >= 0.6 is 11.6 Å². The molecule has 1 aliphatic carbocycles. The fourth-order valence-corrected chi connectivity index (χ4v) is 2.11. The van der Waals surface area contributed by atoms with Gasteiger partial charge in [-0.2, -0.15) is 9.59 Å². The molecule has 0 bridgehead atoms. The Kier molecular flexibility index (Phi) is 6.23. The van der Waals surface area contributed by atoms with Gasteiger partial charge in [0.25, 0.3) is 0 Å². The third-order valence-corrected chi connectivity index (χ3v) is 2.58. The molecule has 0 saturated carbocycles. The molecule has 0 aliphatic heterocycles. The predicted molar refractivity (Wildman–Crippen MR) is 60.3 cm³/mol. The van der Waals surface area contributed by atoms with Crippen LogP contribution in [0.25, 0.3) is 0 Å². The van der Waals surface area contributed by atoms with Crippen molar-refractivity contribution in [1.82, 2.24) is 0 Å². The first-order valence-corrected chi connectivity index (χ1v) is 5.38. The summed E-state index contributed by atoms with van der Waals surface area (Å²) >= 11 is 6.13. The van der Waals surface area contributed by atoms with Gasteiger partial charge in [0.2, 0.25) is 0 Å². The molecule has 0 aromatic rings. The smallest absolute Gasteiger partial charge is 0.186 e. The Hall–Kier alpha value is -0.850. The quantitative estimate of drug-likeness (QED) is 0.723. The molecule has 0 unspecified atom stereocenters. The fraction of sp³-hybridized carbons (Fsp3) is 0.583. The lowest BCUT2D eigenvalue weighted by molar-refractivity contribution is -0.191. The van der Waals surface area contributed by atoms with E-state index in [9.17, 15) is 0 Å². The minimum Gasteiger partial charge on any atom is -0.186 e. The number of rotatable bonds is 2. The van der Waals surface area contributed by atoms with E-state index in [0.717, 1.165) is 24.3 Å². The first kappa shape index (κ1) is 14.2. The SMILES string of the molecule is CC/C=C/C1=C(Cl)CC(C)(C)C1.O=C=O. The Balaban J connectivity index is 0.000000583. The average molecular weight is 229 g/mol. The molecule has 0 amide bonds. The Labute approximate surface area is 96.0 Å². The van der Waals surface area contributed by atoms with Crippen LogP contribution in [0.1, 0.15) is 40.0 Å². The van der Waals surface area contributed by atoms with E-state index in [1.54, 1.807) is 0 Å². The molecule has 0 radical (unpaired) electrons. The second-order valence-electron chi connectivity index (χ2n) is 4.34. The molecule has 3 heteroatoms. The Morgan fingerprint density at radius 3 is 2.27 bits per heavy atom. The highest BCUT2D eigenvalue weighted by atomic mass is 35.5. The van der Waals surface area contributed by atoms with E-state index in [4.69, 9.17) is 21.2 Å². The van der Waals surface area contributed by atoms with Gasteiger partial charge in [-0.3, -0.25) is 0 Å². The van der Waals surface area contributed by atoms with Crippen molar-refractivity contribution in [2.24, 2.45) is 5.41 Å². The summed E-state index contributed by atoms with van der Waals surface area (Å²) in [5, 5.41) is 1.06. The summed E-state index contributed by atoms with van der Waals surface area (Å²) in [6.07, 6.45) is 7.87. The molecule has 1 aliphatic rings. The van der Waals surface area contributed by atoms with E-state index in [1.807, 2.05) is 0 Å². The molecule has 84 valence electrons. The Morgan fingerprint density at radius 1 is 1.40 bits per heavy atom. The van der Waals surface area contributed by atoms with Gasteiger partial charge < -0.3 is 0 Å². The van der Waals surface area contributed by atoms with Crippen molar-refractivity contribution in [2.45, 2.75) is 40.0 Å². The molecule has 0 N–H and O–H groups in total. The molecule has 0 fully saturated rings. The maximum Gasteiger partial charge on any atom is 0.373 e. The second kappa shape index (κ2) is 6.60. The van der Waals surface area contributed by atoms with Gasteiger partial charge in [-0.1, -0.05) is 44.5 Å². The minimum atomic E-state index is 0.250. The number of hydrogen-bond donors (Lipinski definition) is 0. The lowest BCUT2D eigenvalue weighted by atomic mass is 9.89. The Morgan fingerprint density at radius 2 is 1.93 bits per heavy atom. The molecular formula is C12H17ClO2. The monoisotopic (exact) mass is 228 g/mol. The standard InChI is InChI=1S/C11H17Cl.CO2/c1-4-5-6-9-7-11(2,3)8-10(9)12;2-1-3/h5-6H,4,7-8H2,1-3H3;/b6-5+;. The van der Waals surface area contributed by atoms with Crippen LogP contribution in [0.5, 0.6) is 0 Å². The zero-order chi connectivity index (χ0) is 11.9. The van der Waals surface area contributed by atoms with Crippen LogP contribution < -0.4 is 0 Å². The molecule has 15 heavy (non-hydrogen) atoms. The predicted octanol–water partition coefficient (Wildman–Crippen LogP) is 3.68. The average Bonchev–Trinajstić information content (AvgIpc) is 2.37. The van der Waals surface area contributed by atoms with Crippen molar-refractivity contribution in [3.63, 3.8) is 0 Å². The van der Waals surface area contributed by atoms with Crippen molar-refractivity contribution in [1.29, 1.82) is 0 Å². The Bertz CT molecular complexity index is 295. The van der Waals surface area contributed by atoms with Gasteiger partial charge in [-0.15, -0.1) is 0 Å². The molecule has 0 spiro atoms. The van der Waals surface area contributed by atoms with Crippen LogP contribution in [-0.4, -0.2) is 6.15 Å². The summed E-state index contributed by atoms with van der Waals surface area (Å²) in [6.45, 7) is 6.68. The zero-order valence-corrected chi connectivity index (χ0v) is 10.2. The van der Waals surface area contributed by atoms with Gasteiger partial charge >= 0.3 is 6.15 Å².